The van der Waals surface area contributed by atoms with Crippen molar-refractivity contribution >= 4 is 39.4 Å². The zero-order valence-corrected chi connectivity index (χ0v) is 18.1. The average Bonchev–Trinajstić information content (AvgIpc) is 3.28. The number of likely N-dealkylation sites (tertiary alicyclic amines) is 1. The van der Waals surface area contributed by atoms with E-state index in [9.17, 15) is 19.5 Å². The monoisotopic (exact) mass is 465 g/mol. The van der Waals surface area contributed by atoms with Gasteiger partial charge in [-0.25, -0.2) is 9.89 Å². The van der Waals surface area contributed by atoms with Crippen LogP contribution in [-0.2, 0) is 0 Å². The Hall–Kier alpha value is -3.69. The molecule has 2 amide bonds. The van der Waals surface area contributed by atoms with Gasteiger partial charge in [0.1, 0.15) is 11.5 Å². The van der Waals surface area contributed by atoms with Gasteiger partial charge in [-0.1, -0.05) is 35.9 Å². The largest absolute Gasteiger partial charge is 0.384 e. The number of halogens is 1. The molecular formula is C23H20ClN5O4. The Kier molecular flexibility index (Phi) is 5.15. The number of carbonyl (C=O) groups is 1. The lowest BCUT2D eigenvalue weighted by Gasteiger charge is -2.21. The molecule has 0 spiro atoms. The van der Waals surface area contributed by atoms with Crippen molar-refractivity contribution in [2.24, 2.45) is 5.73 Å². The van der Waals surface area contributed by atoms with Gasteiger partial charge in [0.25, 0.3) is 5.56 Å². The molecule has 5 N–H and O–H groups in total. The van der Waals surface area contributed by atoms with Crippen LogP contribution < -0.4 is 16.7 Å². The highest BCUT2D eigenvalue weighted by atomic mass is 35.5. The van der Waals surface area contributed by atoms with Crippen LogP contribution in [0.5, 0.6) is 0 Å². The van der Waals surface area contributed by atoms with E-state index in [0.717, 1.165) is 5.56 Å². The molecule has 4 aromatic rings. The number of rotatable bonds is 3. The molecule has 1 aliphatic rings. The SMILES string of the molecule is NC(=O)N1CCC(c2ccccc2C(O)c2cc(Cl)cc3[nH]c4cn[nH]c(=O)c4c(=O)c23)C1. The molecule has 0 aliphatic carbocycles. The van der Waals surface area contributed by atoms with Crippen molar-refractivity contribution in [3.05, 3.63) is 84.9 Å². The second-order valence-electron chi connectivity index (χ2n) is 8.16. The van der Waals surface area contributed by atoms with E-state index < -0.39 is 23.1 Å². The van der Waals surface area contributed by atoms with Crippen LogP contribution in [0.25, 0.3) is 21.8 Å². The quantitative estimate of drug-likeness (QED) is 0.343. The van der Waals surface area contributed by atoms with E-state index in [4.69, 9.17) is 17.3 Å². The molecule has 2 atom stereocenters. The van der Waals surface area contributed by atoms with Crippen molar-refractivity contribution in [3.8, 4) is 0 Å². The van der Waals surface area contributed by atoms with Gasteiger partial charge in [-0.15, -0.1) is 0 Å². The summed E-state index contributed by atoms with van der Waals surface area (Å²) in [5, 5.41) is 17.9. The highest BCUT2D eigenvalue weighted by molar-refractivity contribution is 6.31. The maximum Gasteiger partial charge on any atom is 0.314 e. The molecule has 33 heavy (non-hydrogen) atoms. The maximum absolute atomic E-state index is 13.4. The van der Waals surface area contributed by atoms with E-state index in [1.807, 2.05) is 12.1 Å². The van der Waals surface area contributed by atoms with Crippen LogP contribution in [-0.4, -0.2) is 44.3 Å². The van der Waals surface area contributed by atoms with Crippen LogP contribution in [0, 0.1) is 0 Å². The molecular weight excluding hydrogens is 446 g/mol. The lowest BCUT2D eigenvalue weighted by atomic mass is 9.87. The number of carbonyl (C=O) groups excluding carboxylic acids is 1. The summed E-state index contributed by atoms with van der Waals surface area (Å²) in [7, 11) is 0. The number of aliphatic hydroxyl groups is 1. The molecule has 3 heterocycles. The van der Waals surface area contributed by atoms with Gasteiger partial charge in [-0.3, -0.25) is 9.59 Å². The minimum absolute atomic E-state index is 0.0122. The Morgan fingerprint density at radius 2 is 1.97 bits per heavy atom. The number of fused-ring (bicyclic) bond motifs is 2. The molecule has 10 heteroatoms. The van der Waals surface area contributed by atoms with E-state index in [1.165, 1.54) is 12.3 Å². The summed E-state index contributed by atoms with van der Waals surface area (Å²) in [5.41, 5.74) is 6.70. The second kappa shape index (κ2) is 8.02. The van der Waals surface area contributed by atoms with Gasteiger partial charge in [-0.2, -0.15) is 5.10 Å². The minimum Gasteiger partial charge on any atom is -0.384 e. The van der Waals surface area contributed by atoms with Gasteiger partial charge in [0.15, 0.2) is 0 Å². The van der Waals surface area contributed by atoms with Crippen molar-refractivity contribution in [2.45, 2.75) is 18.4 Å². The van der Waals surface area contributed by atoms with Gasteiger partial charge in [-0.05, 0) is 35.2 Å². The normalized spacial score (nSPS) is 17.0. The first-order chi connectivity index (χ1) is 15.8. The molecule has 2 aromatic carbocycles. The first-order valence-electron chi connectivity index (χ1n) is 10.4. The molecule has 1 saturated heterocycles. The molecule has 1 fully saturated rings. The summed E-state index contributed by atoms with van der Waals surface area (Å²) >= 11 is 6.34. The van der Waals surface area contributed by atoms with E-state index in [2.05, 4.69) is 15.2 Å². The van der Waals surface area contributed by atoms with E-state index >= 15 is 0 Å². The molecule has 2 aromatic heterocycles. The average molecular weight is 466 g/mol. The number of nitrogens with two attached hydrogens (primary N) is 1. The van der Waals surface area contributed by atoms with Crippen LogP contribution in [0.3, 0.4) is 0 Å². The number of hydrogen-bond donors (Lipinski definition) is 4. The summed E-state index contributed by atoms with van der Waals surface area (Å²) in [5.74, 6) is -0.0122. The first kappa shape index (κ1) is 21.2. The smallest absolute Gasteiger partial charge is 0.314 e. The lowest BCUT2D eigenvalue weighted by molar-refractivity contribution is 0.217. The van der Waals surface area contributed by atoms with Crippen LogP contribution in [0.1, 0.15) is 35.1 Å². The van der Waals surface area contributed by atoms with Crippen molar-refractivity contribution in [3.63, 3.8) is 0 Å². The highest BCUT2D eigenvalue weighted by Crippen LogP contribution is 2.37. The number of aromatic nitrogens is 3. The number of hydrogen-bond acceptors (Lipinski definition) is 5. The van der Waals surface area contributed by atoms with Crippen LogP contribution in [0.2, 0.25) is 5.02 Å². The highest BCUT2D eigenvalue weighted by Gasteiger charge is 2.30. The minimum atomic E-state index is -1.19. The fraction of sp³-hybridized carbons (Fsp3) is 0.217. The summed E-state index contributed by atoms with van der Waals surface area (Å²) < 4.78 is 0. The summed E-state index contributed by atoms with van der Waals surface area (Å²) in [4.78, 5) is 41.8. The van der Waals surface area contributed by atoms with Gasteiger partial charge >= 0.3 is 6.03 Å². The number of nitrogens with one attached hydrogen (secondary N) is 2. The van der Waals surface area contributed by atoms with Crippen LogP contribution in [0.4, 0.5) is 4.79 Å². The Bertz CT molecular complexity index is 1530. The third-order valence-electron chi connectivity index (χ3n) is 6.24. The van der Waals surface area contributed by atoms with Gasteiger partial charge in [0, 0.05) is 24.0 Å². The van der Waals surface area contributed by atoms with Gasteiger partial charge < -0.3 is 20.7 Å². The summed E-state index contributed by atoms with van der Waals surface area (Å²) in [6, 6.07) is 9.97. The molecule has 1 aliphatic heterocycles. The molecule has 0 radical (unpaired) electrons. The standard InChI is InChI=1S/C23H20ClN5O4/c24-12-7-15(18-16(8-12)27-17-9-26-28-22(32)19(17)21(18)31)20(30)14-4-2-1-3-13(14)11-5-6-29(10-11)23(25)33/h1-4,7-9,11,20,30H,5-6,10H2,(H2,25,33)(H,27,31)(H,28,32). The maximum atomic E-state index is 13.4. The number of pyridine rings is 1. The topological polar surface area (TPSA) is 145 Å². The number of amides is 2. The molecule has 2 unspecified atom stereocenters. The number of aromatic amines is 2. The third kappa shape index (κ3) is 3.55. The zero-order chi connectivity index (χ0) is 23.3. The van der Waals surface area contributed by atoms with Crippen molar-refractivity contribution < 1.29 is 9.90 Å². The van der Waals surface area contributed by atoms with Crippen LogP contribution in [0.15, 0.2) is 52.2 Å². The molecule has 9 nitrogen and oxygen atoms in total. The summed E-state index contributed by atoms with van der Waals surface area (Å²) in [6.45, 7) is 0.982. The van der Waals surface area contributed by atoms with E-state index in [1.54, 1.807) is 23.1 Å². The van der Waals surface area contributed by atoms with Gasteiger partial charge in [0.2, 0.25) is 5.43 Å². The zero-order valence-electron chi connectivity index (χ0n) is 17.3. The third-order valence-corrected chi connectivity index (χ3v) is 6.46. The Morgan fingerprint density at radius 1 is 1.18 bits per heavy atom. The lowest BCUT2D eigenvalue weighted by Crippen LogP contribution is -2.33. The number of primary amides is 1. The summed E-state index contributed by atoms with van der Waals surface area (Å²) in [6.07, 6.45) is 0.870. The number of benzene rings is 2. The van der Waals surface area contributed by atoms with Crippen molar-refractivity contribution in [2.75, 3.05) is 13.1 Å². The predicted octanol–water partition coefficient (Wildman–Crippen LogP) is 2.37. The molecule has 5 rings (SSSR count). The first-order valence-corrected chi connectivity index (χ1v) is 10.8. The van der Waals surface area contributed by atoms with Crippen molar-refractivity contribution in [1.82, 2.24) is 20.1 Å². The van der Waals surface area contributed by atoms with E-state index in [-0.39, 0.29) is 27.8 Å². The Labute approximate surface area is 191 Å². The van der Waals surface area contributed by atoms with Crippen molar-refractivity contribution in [1.29, 1.82) is 0 Å². The molecule has 0 bridgehead atoms. The Balaban J connectivity index is 1.70. The fourth-order valence-corrected chi connectivity index (χ4v) is 4.92. The van der Waals surface area contributed by atoms with Crippen LogP contribution >= 0.6 is 11.6 Å². The molecule has 0 saturated carbocycles. The fourth-order valence-electron chi connectivity index (χ4n) is 4.70. The molecule has 168 valence electrons. The van der Waals surface area contributed by atoms with Gasteiger partial charge in [0.05, 0.1) is 22.6 Å². The predicted molar refractivity (Wildman–Crippen MR) is 125 cm³/mol. The number of aliphatic hydroxyl groups excluding tert-OH is 1. The number of urea groups is 1. The Morgan fingerprint density at radius 3 is 2.73 bits per heavy atom. The number of H-pyrrole nitrogens is 2. The second-order valence-corrected chi connectivity index (χ2v) is 8.60. The number of nitrogens with zero attached hydrogens (tertiary/aromatic N) is 2. The van der Waals surface area contributed by atoms with E-state index in [0.29, 0.717) is 35.6 Å².